The Morgan fingerprint density at radius 3 is 2.33 bits per heavy atom. The number of carbonyl (C=O) groups excluding carboxylic acids is 1. The molecule has 0 saturated carbocycles. The van der Waals surface area contributed by atoms with Crippen LogP contribution >= 0.6 is 11.6 Å². The number of nitrogens with one attached hydrogen (secondary N) is 1. The molecule has 4 heterocycles. The largest absolute Gasteiger partial charge is 0.393 e. The first-order valence-electron chi connectivity index (χ1n) is 14.7. The standard InChI is InChI=1S/C30H40ClFN10O/c1-7-26(43)42-19(4)14-41(15-20(42)5)30-34-9-8-23(38-30)21-10-24(37-29-27(33)28(31)35-16-36-29)25(11-22(21)32)40-12-17(2)39(6)18(3)13-40/h8-11,16-20H,7,12-15,33H2,1-6H3,(H,35,36,37)/t17-,18-,19-,20+/m0/s1. The highest BCUT2D eigenvalue weighted by Gasteiger charge is 2.33. The van der Waals surface area contributed by atoms with Gasteiger partial charge in [0, 0.05) is 68.5 Å². The van der Waals surface area contributed by atoms with Crippen LogP contribution in [-0.4, -0.2) is 93.0 Å². The molecule has 3 N–H and O–H groups in total. The minimum absolute atomic E-state index is 0.00575. The number of hydrogen-bond acceptors (Lipinski definition) is 10. The molecule has 2 aromatic heterocycles. The summed E-state index contributed by atoms with van der Waals surface area (Å²) in [6.07, 6.45) is 3.44. The van der Waals surface area contributed by atoms with E-state index in [2.05, 4.69) is 55.9 Å². The van der Waals surface area contributed by atoms with Gasteiger partial charge in [0.1, 0.15) is 17.8 Å². The normalized spacial score (nSPS) is 23.0. The van der Waals surface area contributed by atoms with Gasteiger partial charge in [-0.1, -0.05) is 18.5 Å². The second-order valence-electron chi connectivity index (χ2n) is 11.7. The number of nitrogen functional groups attached to an aromatic ring is 1. The van der Waals surface area contributed by atoms with Crippen molar-refractivity contribution >= 4 is 46.3 Å². The van der Waals surface area contributed by atoms with Crippen molar-refractivity contribution in [1.29, 1.82) is 0 Å². The van der Waals surface area contributed by atoms with Crippen LogP contribution in [-0.2, 0) is 4.79 Å². The summed E-state index contributed by atoms with van der Waals surface area (Å²) >= 11 is 6.19. The first-order chi connectivity index (χ1) is 20.5. The number of anilines is 5. The Morgan fingerprint density at radius 2 is 1.67 bits per heavy atom. The zero-order valence-electron chi connectivity index (χ0n) is 25.6. The molecule has 0 unspecified atom stereocenters. The Kier molecular flexibility index (Phi) is 8.89. The highest BCUT2D eigenvalue weighted by molar-refractivity contribution is 6.32. The summed E-state index contributed by atoms with van der Waals surface area (Å²) in [5.74, 6) is 0.552. The van der Waals surface area contributed by atoms with E-state index in [9.17, 15) is 4.79 Å². The summed E-state index contributed by atoms with van der Waals surface area (Å²) in [4.78, 5) is 38.5. The molecule has 13 heteroatoms. The predicted octanol–water partition coefficient (Wildman–Crippen LogP) is 4.42. The van der Waals surface area contributed by atoms with E-state index in [-0.39, 0.29) is 40.9 Å². The maximum Gasteiger partial charge on any atom is 0.225 e. The second kappa shape index (κ2) is 12.5. The van der Waals surface area contributed by atoms with E-state index in [4.69, 9.17) is 22.3 Å². The zero-order valence-corrected chi connectivity index (χ0v) is 26.3. The van der Waals surface area contributed by atoms with E-state index in [1.165, 1.54) is 6.33 Å². The van der Waals surface area contributed by atoms with Crippen LogP contribution in [0.1, 0.15) is 41.0 Å². The van der Waals surface area contributed by atoms with Gasteiger partial charge < -0.3 is 25.8 Å². The van der Waals surface area contributed by atoms with Gasteiger partial charge in [0.2, 0.25) is 11.9 Å². The molecule has 5 rings (SSSR count). The average molecular weight is 611 g/mol. The monoisotopic (exact) mass is 610 g/mol. The highest BCUT2D eigenvalue weighted by Crippen LogP contribution is 2.38. The van der Waals surface area contributed by atoms with Crippen molar-refractivity contribution in [2.24, 2.45) is 0 Å². The Bertz CT molecular complexity index is 1470. The number of benzene rings is 1. The van der Waals surface area contributed by atoms with Crippen LogP contribution in [0.5, 0.6) is 0 Å². The van der Waals surface area contributed by atoms with Crippen LogP contribution in [0, 0.1) is 5.82 Å². The number of likely N-dealkylation sites (N-methyl/N-ethyl adjacent to an activating group) is 1. The molecule has 2 fully saturated rings. The van der Waals surface area contributed by atoms with Crippen molar-refractivity contribution in [2.45, 2.75) is 65.2 Å². The van der Waals surface area contributed by atoms with E-state index in [1.54, 1.807) is 24.4 Å². The predicted molar refractivity (Wildman–Crippen MR) is 169 cm³/mol. The number of nitrogens with two attached hydrogens (primary N) is 1. The van der Waals surface area contributed by atoms with Crippen LogP contribution in [0.4, 0.5) is 33.2 Å². The Labute approximate surface area is 257 Å². The molecule has 2 saturated heterocycles. The highest BCUT2D eigenvalue weighted by atomic mass is 35.5. The maximum atomic E-state index is 16.0. The van der Waals surface area contributed by atoms with Gasteiger partial charge in [-0.2, -0.15) is 0 Å². The fourth-order valence-electron chi connectivity index (χ4n) is 6.13. The smallest absolute Gasteiger partial charge is 0.225 e. The minimum Gasteiger partial charge on any atom is -0.393 e. The van der Waals surface area contributed by atoms with Crippen LogP contribution in [0.25, 0.3) is 11.3 Å². The van der Waals surface area contributed by atoms with Crippen molar-refractivity contribution in [3.63, 3.8) is 0 Å². The Hall–Kier alpha value is -3.77. The summed E-state index contributed by atoms with van der Waals surface area (Å²) in [5, 5.41) is 3.43. The van der Waals surface area contributed by atoms with Gasteiger partial charge in [0.25, 0.3) is 0 Å². The van der Waals surface area contributed by atoms with Crippen molar-refractivity contribution in [3.05, 3.63) is 41.7 Å². The van der Waals surface area contributed by atoms with Crippen LogP contribution in [0.2, 0.25) is 5.15 Å². The third-order valence-corrected chi connectivity index (χ3v) is 8.89. The summed E-state index contributed by atoms with van der Waals surface area (Å²) in [7, 11) is 2.11. The van der Waals surface area contributed by atoms with Gasteiger partial charge in [0.15, 0.2) is 11.0 Å². The van der Waals surface area contributed by atoms with Gasteiger partial charge >= 0.3 is 0 Å². The molecule has 0 bridgehead atoms. The summed E-state index contributed by atoms with van der Waals surface area (Å²) < 4.78 is 16.0. The lowest BCUT2D eigenvalue weighted by atomic mass is 10.0. The third-order valence-electron chi connectivity index (χ3n) is 8.59. The first-order valence-corrected chi connectivity index (χ1v) is 15.1. The molecule has 0 spiro atoms. The molecule has 0 aliphatic carbocycles. The molecular formula is C30H40ClFN10O. The Morgan fingerprint density at radius 1 is 1.02 bits per heavy atom. The SMILES string of the molecule is CCC(=O)N1[C@H](C)CN(c2nccc(-c3cc(Nc4ncnc(Cl)c4N)c(N4C[C@H](C)N(C)[C@@H](C)C4)cc3F)n2)C[C@@H]1C. The van der Waals surface area contributed by atoms with Crippen molar-refractivity contribution in [3.8, 4) is 11.3 Å². The maximum absolute atomic E-state index is 16.0. The fraction of sp³-hybridized carbons (Fsp3) is 0.500. The fourth-order valence-corrected chi connectivity index (χ4v) is 6.27. The number of rotatable bonds is 6. The van der Waals surface area contributed by atoms with E-state index < -0.39 is 5.82 Å². The van der Waals surface area contributed by atoms with Crippen LogP contribution in [0.3, 0.4) is 0 Å². The number of carbonyl (C=O) groups is 1. The van der Waals surface area contributed by atoms with Gasteiger partial charge in [-0.25, -0.2) is 24.3 Å². The Balaban J connectivity index is 1.52. The number of aromatic nitrogens is 4. The molecule has 230 valence electrons. The number of piperazine rings is 2. The summed E-state index contributed by atoms with van der Waals surface area (Å²) in [6.45, 7) is 12.9. The van der Waals surface area contributed by atoms with Crippen molar-refractivity contribution in [1.82, 2.24) is 29.7 Å². The molecule has 1 amide bonds. The molecule has 1 aromatic carbocycles. The molecular weight excluding hydrogens is 571 g/mol. The van der Waals surface area contributed by atoms with Gasteiger partial charge in [-0.05, 0) is 52.9 Å². The lowest BCUT2D eigenvalue weighted by Gasteiger charge is -2.44. The first kappa shape index (κ1) is 30.7. The molecule has 11 nitrogen and oxygen atoms in total. The number of amides is 1. The van der Waals surface area contributed by atoms with Crippen molar-refractivity contribution in [2.75, 3.05) is 54.1 Å². The molecule has 0 radical (unpaired) electrons. The third kappa shape index (κ3) is 6.16. The number of nitrogens with zero attached hydrogens (tertiary/aromatic N) is 8. The number of halogens is 2. The lowest BCUT2D eigenvalue weighted by Crippen LogP contribution is -2.59. The topological polar surface area (TPSA) is 120 Å². The lowest BCUT2D eigenvalue weighted by molar-refractivity contribution is -0.135. The average Bonchev–Trinajstić information content (AvgIpc) is 2.98. The number of hydrogen-bond donors (Lipinski definition) is 2. The van der Waals surface area contributed by atoms with E-state index in [0.717, 1.165) is 13.1 Å². The summed E-state index contributed by atoms with van der Waals surface area (Å²) in [5.41, 5.74) is 8.47. The van der Waals surface area contributed by atoms with Gasteiger partial charge in [0.05, 0.1) is 17.1 Å². The minimum atomic E-state index is -0.404. The molecule has 4 atom stereocenters. The van der Waals surface area contributed by atoms with E-state index in [1.807, 2.05) is 25.7 Å². The van der Waals surface area contributed by atoms with Gasteiger partial charge in [-0.3, -0.25) is 9.69 Å². The van der Waals surface area contributed by atoms with E-state index >= 15 is 4.39 Å². The zero-order chi connectivity index (χ0) is 31.0. The molecule has 2 aliphatic rings. The molecule has 2 aliphatic heterocycles. The van der Waals surface area contributed by atoms with Crippen molar-refractivity contribution < 1.29 is 9.18 Å². The van der Waals surface area contributed by atoms with Crippen LogP contribution in [0.15, 0.2) is 30.7 Å². The second-order valence-corrected chi connectivity index (χ2v) is 12.0. The van der Waals surface area contributed by atoms with E-state index in [0.29, 0.717) is 53.9 Å². The summed E-state index contributed by atoms with van der Waals surface area (Å²) in [6, 6.07) is 5.50. The van der Waals surface area contributed by atoms with Crippen LogP contribution < -0.4 is 20.9 Å². The van der Waals surface area contributed by atoms with Gasteiger partial charge in [-0.15, -0.1) is 0 Å². The molecule has 3 aromatic rings. The quantitative estimate of drug-likeness (QED) is 0.388. The molecule has 43 heavy (non-hydrogen) atoms.